The topological polar surface area (TPSA) is 99.2 Å². The predicted octanol–water partition coefficient (Wildman–Crippen LogP) is -0.794. The number of aliphatic carboxylic acids is 1. The number of carbonyl (C=O) groups excluding carboxylic acids is 2. The molecule has 8 heteroatoms. The van der Waals surface area contributed by atoms with Gasteiger partial charge in [-0.3, -0.25) is 4.79 Å². The zero-order valence-corrected chi connectivity index (χ0v) is 11.7. The van der Waals surface area contributed by atoms with Gasteiger partial charge in [-0.1, -0.05) is 0 Å². The minimum Gasteiger partial charge on any atom is -0.480 e. The van der Waals surface area contributed by atoms with E-state index in [2.05, 4.69) is 5.32 Å². The maximum absolute atomic E-state index is 11.7. The van der Waals surface area contributed by atoms with Gasteiger partial charge in [0, 0.05) is 41.3 Å². The lowest BCUT2D eigenvalue weighted by Gasteiger charge is -2.22. The van der Waals surface area contributed by atoms with Gasteiger partial charge in [0.25, 0.3) is 0 Å². The highest BCUT2D eigenvalue weighted by molar-refractivity contribution is 5.86. The second-order valence-electron chi connectivity index (χ2n) is 4.27. The number of ether oxygens (including phenoxy) is 1. The van der Waals surface area contributed by atoms with Crippen LogP contribution in [0.25, 0.3) is 0 Å². The molecule has 0 heterocycles. The molecule has 0 aliphatic heterocycles. The zero-order chi connectivity index (χ0) is 15.0. The van der Waals surface area contributed by atoms with Crippen LogP contribution >= 0.6 is 0 Å². The third kappa shape index (κ3) is 6.61. The van der Waals surface area contributed by atoms with Gasteiger partial charge in [0.15, 0.2) is 0 Å². The van der Waals surface area contributed by atoms with Crippen LogP contribution in [0.3, 0.4) is 0 Å². The van der Waals surface area contributed by atoms with Crippen molar-refractivity contribution in [1.29, 1.82) is 0 Å². The Morgan fingerprint density at radius 3 is 2.26 bits per heavy atom. The SMILES string of the molecule is COCCC(NC(=O)N(C)CC(=O)N(C)C)C(=O)O. The van der Waals surface area contributed by atoms with E-state index in [1.54, 1.807) is 14.1 Å². The van der Waals surface area contributed by atoms with Crippen LogP contribution in [0.2, 0.25) is 0 Å². The number of nitrogens with zero attached hydrogens (tertiary/aromatic N) is 2. The normalized spacial score (nSPS) is 11.6. The van der Waals surface area contributed by atoms with Crippen molar-refractivity contribution < 1.29 is 24.2 Å². The van der Waals surface area contributed by atoms with Crippen LogP contribution < -0.4 is 5.32 Å². The highest BCUT2D eigenvalue weighted by Crippen LogP contribution is 1.96. The van der Waals surface area contributed by atoms with Crippen LogP contribution in [0.4, 0.5) is 4.79 Å². The van der Waals surface area contributed by atoms with Crippen LogP contribution in [-0.4, -0.2) is 80.3 Å². The molecule has 0 radical (unpaired) electrons. The van der Waals surface area contributed by atoms with E-state index in [4.69, 9.17) is 9.84 Å². The van der Waals surface area contributed by atoms with Crippen LogP contribution in [0.5, 0.6) is 0 Å². The minimum absolute atomic E-state index is 0.116. The van der Waals surface area contributed by atoms with Crippen molar-refractivity contribution in [3.05, 3.63) is 0 Å². The van der Waals surface area contributed by atoms with Crippen molar-refractivity contribution in [3.63, 3.8) is 0 Å². The monoisotopic (exact) mass is 275 g/mol. The Morgan fingerprint density at radius 2 is 1.84 bits per heavy atom. The van der Waals surface area contributed by atoms with E-state index in [-0.39, 0.29) is 25.5 Å². The Bertz CT molecular complexity index is 332. The fraction of sp³-hybridized carbons (Fsp3) is 0.727. The average Bonchev–Trinajstić information content (AvgIpc) is 2.33. The number of rotatable bonds is 7. The van der Waals surface area contributed by atoms with E-state index in [0.717, 1.165) is 4.90 Å². The maximum Gasteiger partial charge on any atom is 0.326 e. The van der Waals surface area contributed by atoms with Gasteiger partial charge >= 0.3 is 12.0 Å². The number of carbonyl (C=O) groups is 3. The average molecular weight is 275 g/mol. The molecule has 1 atom stereocenters. The quantitative estimate of drug-likeness (QED) is 0.634. The summed E-state index contributed by atoms with van der Waals surface area (Å²) < 4.78 is 4.77. The number of methoxy groups -OCH3 is 1. The Kier molecular flexibility index (Phi) is 7.50. The summed E-state index contributed by atoms with van der Waals surface area (Å²) >= 11 is 0. The number of urea groups is 1. The molecule has 0 aliphatic rings. The van der Waals surface area contributed by atoms with Crippen LogP contribution in [0.15, 0.2) is 0 Å². The summed E-state index contributed by atoms with van der Waals surface area (Å²) in [5.41, 5.74) is 0. The van der Waals surface area contributed by atoms with Gasteiger partial charge in [0.05, 0.1) is 0 Å². The standard InChI is InChI=1S/C11H21N3O5/c1-13(2)9(15)7-14(3)11(18)12-8(10(16)17)5-6-19-4/h8H,5-7H2,1-4H3,(H,12,18)(H,16,17). The van der Waals surface area contributed by atoms with Gasteiger partial charge in [-0.25, -0.2) is 9.59 Å². The van der Waals surface area contributed by atoms with Crippen molar-refractivity contribution in [3.8, 4) is 0 Å². The van der Waals surface area contributed by atoms with E-state index in [0.29, 0.717) is 0 Å². The molecule has 0 fully saturated rings. The first-order valence-electron chi connectivity index (χ1n) is 5.73. The second-order valence-corrected chi connectivity index (χ2v) is 4.27. The molecule has 0 aromatic heterocycles. The fourth-order valence-electron chi connectivity index (χ4n) is 1.17. The van der Waals surface area contributed by atoms with Crippen molar-refractivity contribution in [1.82, 2.24) is 15.1 Å². The first-order valence-corrected chi connectivity index (χ1v) is 5.73. The van der Waals surface area contributed by atoms with Crippen molar-refractivity contribution in [2.45, 2.75) is 12.5 Å². The van der Waals surface area contributed by atoms with E-state index in [9.17, 15) is 14.4 Å². The Morgan fingerprint density at radius 1 is 1.26 bits per heavy atom. The largest absolute Gasteiger partial charge is 0.480 e. The van der Waals surface area contributed by atoms with Gasteiger partial charge in [-0.05, 0) is 0 Å². The molecule has 8 nitrogen and oxygen atoms in total. The Hall–Kier alpha value is -1.83. The predicted molar refractivity (Wildman–Crippen MR) is 67.8 cm³/mol. The molecule has 0 bridgehead atoms. The highest BCUT2D eigenvalue weighted by atomic mass is 16.5. The number of hydrogen-bond donors (Lipinski definition) is 2. The molecule has 0 saturated carbocycles. The summed E-state index contributed by atoms with van der Waals surface area (Å²) in [6.07, 6.45) is 0.160. The third-order valence-electron chi connectivity index (χ3n) is 2.42. The number of nitrogens with one attached hydrogen (secondary N) is 1. The first-order chi connectivity index (χ1) is 8.79. The van der Waals surface area contributed by atoms with Gasteiger partial charge in [0.2, 0.25) is 5.91 Å². The molecule has 2 N–H and O–H groups in total. The molecule has 0 aromatic rings. The number of carboxylic acid groups (broad SMARTS) is 1. The van der Waals surface area contributed by atoms with Crippen LogP contribution in [-0.2, 0) is 14.3 Å². The minimum atomic E-state index is -1.14. The molecule has 19 heavy (non-hydrogen) atoms. The van der Waals surface area contributed by atoms with Gasteiger partial charge in [-0.2, -0.15) is 0 Å². The fourth-order valence-corrected chi connectivity index (χ4v) is 1.17. The third-order valence-corrected chi connectivity index (χ3v) is 2.42. The van der Waals surface area contributed by atoms with Crippen molar-refractivity contribution >= 4 is 17.9 Å². The van der Waals surface area contributed by atoms with Crippen molar-refractivity contribution in [2.24, 2.45) is 0 Å². The van der Waals surface area contributed by atoms with E-state index < -0.39 is 18.0 Å². The number of hydrogen-bond acceptors (Lipinski definition) is 4. The molecule has 0 rings (SSSR count). The molecule has 0 spiro atoms. The molecular weight excluding hydrogens is 254 g/mol. The summed E-state index contributed by atoms with van der Waals surface area (Å²) in [5, 5.41) is 11.3. The lowest BCUT2D eigenvalue weighted by Crippen LogP contribution is -2.49. The van der Waals surface area contributed by atoms with E-state index in [1.165, 1.54) is 19.1 Å². The summed E-state index contributed by atoms with van der Waals surface area (Å²) in [6, 6.07) is -1.65. The maximum atomic E-state index is 11.7. The number of amides is 3. The summed E-state index contributed by atoms with van der Waals surface area (Å²) in [7, 11) is 6.02. The smallest absolute Gasteiger partial charge is 0.326 e. The Labute approximate surface area is 112 Å². The van der Waals surface area contributed by atoms with Gasteiger partial charge in [-0.15, -0.1) is 0 Å². The summed E-state index contributed by atoms with van der Waals surface area (Å²) in [5.74, 6) is -1.39. The molecule has 1 unspecified atom stereocenters. The van der Waals surface area contributed by atoms with E-state index >= 15 is 0 Å². The zero-order valence-electron chi connectivity index (χ0n) is 11.7. The van der Waals surface area contributed by atoms with Gasteiger partial charge < -0.3 is 25.0 Å². The first kappa shape index (κ1) is 17.2. The highest BCUT2D eigenvalue weighted by Gasteiger charge is 2.22. The summed E-state index contributed by atoms with van der Waals surface area (Å²) in [6.45, 7) is 0.104. The van der Waals surface area contributed by atoms with Crippen LogP contribution in [0.1, 0.15) is 6.42 Å². The summed E-state index contributed by atoms with van der Waals surface area (Å²) in [4.78, 5) is 36.5. The molecule has 0 aliphatic carbocycles. The molecule has 0 saturated heterocycles. The second kappa shape index (κ2) is 8.30. The van der Waals surface area contributed by atoms with Crippen molar-refractivity contribution in [2.75, 3.05) is 41.4 Å². The molecule has 0 aromatic carbocycles. The lowest BCUT2D eigenvalue weighted by molar-refractivity contribution is -0.139. The molecule has 110 valence electrons. The molecular formula is C11H21N3O5. The number of carboxylic acids is 1. The van der Waals surface area contributed by atoms with Crippen LogP contribution in [0, 0.1) is 0 Å². The molecule has 3 amide bonds. The number of likely N-dealkylation sites (N-methyl/N-ethyl adjacent to an activating group) is 2. The Balaban J connectivity index is 4.38. The lowest BCUT2D eigenvalue weighted by atomic mass is 10.2. The van der Waals surface area contributed by atoms with E-state index in [1.807, 2.05) is 0 Å². The van der Waals surface area contributed by atoms with Gasteiger partial charge in [0.1, 0.15) is 12.6 Å².